The topological polar surface area (TPSA) is 85.6 Å². The maximum atomic E-state index is 13.2. The SMILES string of the molecule is Cc1ccc2c(c1)[C@H](NC(=O)c1ccc(CS(=O)(=O)c3ccc(Br)cc3)o1)CC1(CCCCC1)O2. The minimum absolute atomic E-state index is 0.101. The molecule has 3 aromatic rings. The molecule has 1 aliphatic carbocycles. The number of rotatable bonds is 5. The molecule has 2 heterocycles. The molecular formula is C27H28BrNO5S. The second-order valence-corrected chi connectivity index (χ2v) is 12.5. The van der Waals surface area contributed by atoms with Crippen LogP contribution in [-0.2, 0) is 15.6 Å². The zero-order valence-corrected chi connectivity index (χ0v) is 22.0. The molecule has 5 rings (SSSR count). The molecule has 8 heteroatoms. The van der Waals surface area contributed by atoms with E-state index in [9.17, 15) is 13.2 Å². The van der Waals surface area contributed by atoms with Crippen molar-refractivity contribution in [2.45, 2.75) is 67.7 Å². The molecule has 6 nitrogen and oxygen atoms in total. The maximum Gasteiger partial charge on any atom is 0.287 e. The van der Waals surface area contributed by atoms with E-state index in [1.54, 1.807) is 30.3 Å². The average Bonchev–Trinajstić information content (AvgIpc) is 3.28. The summed E-state index contributed by atoms with van der Waals surface area (Å²) in [7, 11) is -3.60. The van der Waals surface area contributed by atoms with Crippen LogP contribution in [0.25, 0.3) is 0 Å². The molecule has 0 bridgehead atoms. The van der Waals surface area contributed by atoms with E-state index in [0.717, 1.165) is 47.0 Å². The van der Waals surface area contributed by atoms with Crippen molar-refractivity contribution >= 4 is 31.7 Å². The lowest BCUT2D eigenvalue weighted by Gasteiger charge is -2.44. The smallest absolute Gasteiger partial charge is 0.287 e. The number of nitrogens with one attached hydrogen (secondary N) is 1. The molecule has 0 unspecified atom stereocenters. The number of ether oxygens (including phenoxy) is 1. The van der Waals surface area contributed by atoms with Crippen molar-refractivity contribution in [1.29, 1.82) is 0 Å². The molecule has 1 spiro atoms. The number of amides is 1. The Hall–Kier alpha value is -2.58. The van der Waals surface area contributed by atoms with E-state index in [1.807, 2.05) is 19.1 Å². The first-order chi connectivity index (χ1) is 16.7. The molecule has 0 radical (unpaired) electrons. The summed E-state index contributed by atoms with van der Waals surface area (Å²) in [5.74, 6) is 0.483. The van der Waals surface area contributed by atoms with Gasteiger partial charge in [0.1, 0.15) is 22.9 Å². The van der Waals surface area contributed by atoms with Gasteiger partial charge in [0.2, 0.25) is 0 Å². The molecule has 1 aromatic heterocycles. The van der Waals surface area contributed by atoms with Crippen LogP contribution in [0.2, 0.25) is 0 Å². The second kappa shape index (κ2) is 9.47. The molecule has 2 aromatic carbocycles. The van der Waals surface area contributed by atoms with E-state index in [-0.39, 0.29) is 39.7 Å². The van der Waals surface area contributed by atoms with Crippen molar-refractivity contribution in [3.8, 4) is 5.75 Å². The molecule has 1 aliphatic heterocycles. The second-order valence-electron chi connectivity index (χ2n) is 9.60. The van der Waals surface area contributed by atoms with Crippen LogP contribution in [0, 0.1) is 6.92 Å². The number of furan rings is 1. The highest BCUT2D eigenvalue weighted by atomic mass is 79.9. The Morgan fingerprint density at radius 1 is 1.06 bits per heavy atom. The maximum absolute atomic E-state index is 13.2. The van der Waals surface area contributed by atoms with Crippen molar-refractivity contribution in [2.75, 3.05) is 0 Å². The van der Waals surface area contributed by atoms with Gasteiger partial charge < -0.3 is 14.5 Å². The number of sulfone groups is 1. The lowest BCUT2D eigenvalue weighted by Crippen LogP contribution is -2.46. The summed E-state index contributed by atoms with van der Waals surface area (Å²) >= 11 is 3.31. The van der Waals surface area contributed by atoms with Gasteiger partial charge in [0.15, 0.2) is 15.6 Å². The fourth-order valence-corrected chi connectivity index (χ4v) is 6.65. The first-order valence-electron chi connectivity index (χ1n) is 11.9. The quantitative estimate of drug-likeness (QED) is 0.399. The van der Waals surface area contributed by atoms with Gasteiger partial charge in [-0.25, -0.2) is 8.42 Å². The molecule has 1 amide bonds. The Kier molecular flexibility index (Phi) is 6.53. The predicted molar refractivity (Wildman–Crippen MR) is 136 cm³/mol. The van der Waals surface area contributed by atoms with Gasteiger partial charge in [-0.15, -0.1) is 0 Å². The van der Waals surface area contributed by atoms with Crippen LogP contribution in [0.4, 0.5) is 0 Å². The number of benzene rings is 2. The van der Waals surface area contributed by atoms with Gasteiger partial charge in [0.05, 0.1) is 10.9 Å². The van der Waals surface area contributed by atoms with Gasteiger partial charge in [-0.2, -0.15) is 0 Å². The standard InChI is InChI=1S/C27H28BrNO5S/c1-18-5-11-24-22(15-18)23(16-27(34-24)13-3-2-4-14-27)29-26(30)25-12-8-20(33-25)17-35(31,32)21-9-6-19(28)7-10-21/h5-12,15,23H,2-4,13-14,16-17H2,1H3,(H,29,30)/t23-/m1/s1. The molecule has 0 saturated heterocycles. The Morgan fingerprint density at radius 3 is 2.54 bits per heavy atom. The third-order valence-corrected chi connectivity index (χ3v) is 9.09. The first-order valence-corrected chi connectivity index (χ1v) is 14.4. The van der Waals surface area contributed by atoms with Crippen LogP contribution in [0.15, 0.2) is 68.4 Å². The van der Waals surface area contributed by atoms with Crippen molar-refractivity contribution in [1.82, 2.24) is 5.32 Å². The summed E-state index contributed by atoms with van der Waals surface area (Å²) in [5.41, 5.74) is 1.81. The highest BCUT2D eigenvalue weighted by Crippen LogP contribution is 2.46. The van der Waals surface area contributed by atoms with Crippen LogP contribution < -0.4 is 10.1 Å². The van der Waals surface area contributed by atoms with Gasteiger partial charge >= 0.3 is 0 Å². The van der Waals surface area contributed by atoms with Crippen LogP contribution in [0.1, 0.15) is 72.0 Å². The zero-order valence-electron chi connectivity index (χ0n) is 19.6. The number of halogens is 1. The molecule has 35 heavy (non-hydrogen) atoms. The number of fused-ring (bicyclic) bond motifs is 1. The monoisotopic (exact) mass is 557 g/mol. The molecule has 1 N–H and O–H groups in total. The number of hydrogen-bond donors (Lipinski definition) is 1. The fourth-order valence-electron chi connectivity index (χ4n) is 5.14. The van der Waals surface area contributed by atoms with Crippen molar-refractivity contribution in [3.63, 3.8) is 0 Å². The van der Waals surface area contributed by atoms with E-state index in [4.69, 9.17) is 9.15 Å². The van der Waals surface area contributed by atoms with Gasteiger partial charge in [-0.05, 0) is 75.1 Å². The summed E-state index contributed by atoms with van der Waals surface area (Å²) < 4.78 is 38.5. The van der Waals surface area contributed by atoms with Crippen molar-refractivity contribution < 1.29 is 22.4 Å². The largest absolute Gasteiger partial charge is 0.487 e. The van der Waals surface area contributed by atoms with Crippen molar-refractivity contribution in [3.05, 3.63) is 81.7 Å². The van der Waals surface area contributed by atoms with Gasteiger partial charge in [0, 0.05) is 16.5 Å². The van der Waals surface area contributed by atoms with E-state index in [0.29, 0.717) is 6.42 Å². The van der Waals surface area contributed by atoms with E-state index in [2.05, 4.69) is 27.3 Å². The highest BCUT2D eigenvalue weighted by Gasteiger charge is 2.42. The van der Waals surface area contributed by atoms with Crippen LogP contribution in [0.5, 0.6) is 5.75 Å². The molecule has 2 aliphatic rings. The predicted octanol–water partition coefficient (Wildman–Crippen LogP) is 6.28. The molecule has 1 fully saturated rings. The Labute approximate surface area is 214 Å². The van der Waals surface area contributed by atoms with Crippen LogP contribution >= 0.6 is 15.9 Å². The molecule has 184 valence electrons. The third-order valence-electron chi connectivity index (χ3n) is 6.90. The summed E-state index contributed by atoms with van der Waals surface area (Å²) in [6.07, 6.45) is 6.12. The van der Waals surface area contributed by atoms with Crippen molar-refractivity contribution in [2.24, 2.45) is 0 Å². The molecule has 1 saturated carbocycles. The zero-order chi connectivity index (χ0) is 24.6. The Morgan fingerprint density at radius 2 is 1.80 bits per heavy atom. The van der Waals surface area contributed by atoms with E-state index < -0.39 is 9.84 Å². The molecule has 1 atom stereocenters. The minimum Gasteiger partial charge on any atom is -0.487 e. The summed E-state index contributed by atoms with van der Waals surface area (Å²) in [6, 6.07) is 15.4. The number of hydrogen-bond acceptors (Lipinski definition) is 5. The number of carbonyl (C=O) groups excluding carboxylic acids is 1. The fraction of sp³-hybridized carbons (Fsp3) is 0.370. The highest BCUT2D eigenvalue weighted by molar-refractivity contribution is 9.10. The summed E-state index contributed by atoms with van der Waals surface area (Å²) in [5, 5.41) is 3.14. The number of carbonyl (C=O) groups is 1. The van der Waals surface area contributed by atoms with Gasteiger partial charge in [0.25, 0.3) is 5.91 Å². The lowest BCUT2D eigenvalue weighted by molar-refractivity contribution is -0.00227. The third kappa shape index (κ3) is 5.19. The summed E-state index contributed by atoms with van der Waals surface area (Å²) in [4.78, 5) is 13.4. The lowest BCUT2D eigenvalue weighted by atomic mass is 9.77. The van der Waals surface area contributed by atoms with Crippen LogP contribution in [0.3, 0.4) is 0 Å². The Balaban J connectivity index is 1.34. The molecular weight excluding hydrogens is 530 g/mol. The van der Waals surface area contributed by atoms with Gasteiger partial charge in [-0.1, -0.05) is 40.0 Å². The summed E-state index contributed by atoms with van der Waals surface area (Å²) in [6.45, 7) is 2.02. The average molecular weight is 558 g/mol. The Bertz CT molecular complexity index is 1340. The van der Waals surface area contributed by atoms with Crippen LogP contribution in [-0.4, -0.2) is 19.9 Å². The minimum atomic E-state index is -3.60. The van der Waals surface area contributed by atoms with Gasteiger partial charge in [-0.3, -0.25) is 4.79 Å². The van der Waals surface area contributed by atoms with E-state index in [1.165, 1.54) is 12.5 Å². The number of aryl methyl sites for hydroxylation is 1. The van der Waals surface area contributed by atoms with E-state index >= 15 is 0 Å². The first kappa shape index (κ1) is 24.1. The normalized spacial score (nSPS) is 19.1.